The number of anilines is 3. The minimum Gasteiger partial charge on any atom is -0.332 e. The second kappa shape index (κ2) is 13.0. The van der Waals surface area contributed by atoms with E-state index in [0.29, 0.717) is 6.04 Å². The van der Waals surface area contributed by atoms with Crippen molar-refractivity contribution in [3.05, 3.63) is 152 Å². The summed E-state index contributed by atoms with van der Waals surface area (Å²) in [6.07, 6.45) is 13.7. The number of hydrogen-bond acceptors (Lipinski definition) is 4. The van der Waals surface area contributed by atoms with Crippen LogP contribution in [0.15, 0.2) is 142 Å². The Balaban J connectivity index is 1.25. The summed E-state index contributed by atoms with van der Waals surface area (Å²) in [5.41, 5.74) is 8.64. The van der Waals surface area contributed by atoms with Crippen LogP contribution in [0.1, 0.15) is 37.6 Å². The van der Waals surface area contributed by atoms with Crippen molar-refractivity contribution in [1.29, 1.82) is 0 Å². The summed E-state index contributed by atoms with van der Waals surface area (Å²) in [5, 5.41) is 4.06. The number of thioether (sulfide) groups is 1. The van der Waals surface area contributed by atoms with Crippen molar-refractivity contribution in [3.63, 3.8) is 0 Å². The van der Waals surface area contributed by atoms with Gasteiger partial charge in [0.05, 0.1) is 16.4 Å². The lowest BCUT2D eigenvalue weighted by molar-refractivity contribution is -0.665. The zero-order valence-corrected chi connectivity index (χ0v) is 29.2. The largest absolute Gasteiger partial charge is 0.332 e. The van der Waals surface area contributed by atoms with Crippen molar-refractivity contribution in [3.8, 4) is 0 Å². The van der Waals surface area contributed by atoms with Crippen LogP contribution in [0.2, 0.25) is 10.0 Å². The third-order valence-electron chi connectivity index (χ3n) is 8.93. The highest BCUT2D eigenvalue weighted by molar-refractivity contribution is 8.03. The Morgan fingerprint density at radius 2 is 1.53 bits per heavy atom. The molecule has 47 heavy (non-hydrogen) atoms. The van der Waals surface area contributed by atoms with E-state index in [-0.39, 0.29) is 0 Å². The second-order valence-corrected chi connectivity index (χ2v) is 15.0. The molecule has 0 N–H and O–H groups in total. The van der Waals surface area contributed by atoms with E-state index in [9.17, 15) is 0 Å². The van der Waals surface area contributed by atoms with Gasteiger partial charge in [-0.25, -0.2) is 0 Å². The summed E-state index contributed by atoms with van der Waals surface area (Å²) in [4.78, 5) is 6.22. The minimum atomic E-state index is 0.551. The van der Waals surface area contributed by atoms with Gasteiger partial charge < -0.3 is 9.80 Å². The average molecular weight is 692 g/mol. The van der Waals surface area contributed by atoms with Crippen molar-refractivity contribution < 1.29 is 4.57 Å². The number of halogens is 2. The van der Waals surface area contributed by atoms with Gasteiger partial charge in [-0.15, -0.1) is 0 Å². The first-order chi connectivity index (χ1) is 23.1. The summed E-state index contributed by atoms with van der Waals surface area (Å²) in [7, 11) is 0. The Morgan fingerprint density at radius 3 is 2.23 bits per heavy atom. The van der Waals surface area contributed by atoms with E-state index in [0.717, 1.165) is 40.8 Å². The van der Waals surface area contributed by atoms with Gasteiger partial charge in [0.2, 0.25) is 5.52 Å². The molecule has 0 bridgehead atoms. The van der Waals surface area contributed by atoms with Gasteiger partial charge in [-0.3, -0.25) is 0 Å². The van der Waals surface area contributed by atoms with Crippen molar-refractivity contribution in [1.82, 2.24) is 0 Å². The van der Waals surface area contributed by atoms with Crippen LogP contribution in [0.4, 0.5) is 17.1 Å². The van der Waals surface area contributed by atoms with Gasteiger partial charge in [-0.05, 0) is 111 Å². The Labute approximate surface area is 294 Å². The Bertz CT molecular complexity index is 2050. The Kier molecular flexibility index (Phi) is 8.49. The van der Waals surface area contributed by atoms with E-state index in [1.165, 1.54) is 60.5 Å². The third-order valence-corrected chi connectivity index (χ3v) is 11.6. The molecule has 1 fully saturated rings. The van der Waals surface area contributed by atoms with Crippen molar-refractivity contribution in [2.45, 2.75) is 50.1 Å². The summed E-state index contributed by atoms with van der Waals surface area (Å²) in [5.74, 6) is 0. The molecule has 234 valence electrons. The van der Waals surface area contributed by atoms with Gasteiger partial charge in [0.1, 0.15) is 11.2 Å². The van der Waals surface area contributed by atoms with Gasteiger partial charge >= 0.3 is 0 Å². The van der Waals surface area contributed by atoms with E-state index in [1.54, 1.807) is 0 Å². The lowest BCUT2D eigenvalue weighted by Crippen LogP contribution is -2.33. The molecule has 5 aromatic rings. The molecule has 7 heteroatoms. The fourth-order valence-corrected chi connectivity index (χ4v) is 9.17. The topological polar surface area (TPSA) is 10.4 Å². The summed E-state index contributed by atoms with van der Waals surface area (Å²) in [6, 6.07) is 34.5. The normalized spacial score (nSPS) is 18.0. The minimum absolute atomic E-state index is 0.551. The fraction of sp³-hybridized carbons (Fsp3) is 0.175. The smallest absolute Gasteiger partial charge is 0.262 e. The molecule has 8 rings (SSSR count). The lowest BCUT2D eigenvalue weighted by atomic mass is 10.1. The van der Waals surface area contributed by atoms with Gasteiger partial charge in [0.25, 0.3) is 5.01 Å². The second-order valence-electron chi connectivity index (χ2n) is 12.0. The van der Waals surface area contributed by atoms with Crippen LogP contribution in [0.25, 0.3) is 16.3 Å². The molecular weight excluding hydrogens is 658 g/mol. The Hall–Kier alpha value is -3.74. The predicted octanol–water partition coefficient (Wildman–Crippen LogP) is 12.0. The number of hydrogen-bond donors (Lipinski definition) is 0. The molecule has 2 aliphatic carbocycles. The Morgan fingerprint density at radius 1 is 0.830 bits per heavy atom. The van der Waals surface area contributed by atoms with E-state index in [2.05, 4.69) is 131 Å². The molecule has 2 heterocycles. The van der Waals surface area contributed by atoms with Crippen LogP contribution >= 0.6 is 46.3 Å². The highest BCUT2D eigenvalue weighted by atomic mass is 35.5. The summed E-state index contributed by atoms with van der Waals surface area (Å²) in [6.45, 7) is 3.08. The molecular formula is C40H34Cl2N3S2+. The number of aromatic nitrogens is 1. The standard InChI is InChI=1S/C40H34Cl2N3S2/c1-2-43-34-25-29(41)17-21-36(34)46-38(43)23-15-27-13-14-28(40(27)44(31-9-5-3-6-10-31)32-11-7-4-8-12-32)16-24-39-45(33-19-20-33)35-26-30(42)18-22-37(35)47-39/h3-12,15-18,21-26,33H,2,13-14,19-20H2,1H3/q+1. The molecule has 0 atom stereocenters. The van der Waals surface area contributed by atoms with Crippen molar-refractivity contribution >= 4 is 79.7 Å². The maximum Gasteiger partial charge on any atom is 0.262 e. The number of rotatable bonds is 8. The third kappa shape index (κ3) is 6.07. The van der Waals surface area contributed by atoms with E-state index >= 15 is 0 Å². The predicted molar refractivity (Wildman–Crippen MR) is 202 cm³/mol. The van der Waals surface area contributed by atoms with Gasteiger partial charge in [0, 0.05) is 44.5 Å². The number of nitrogens with zero attached hydrogens (tertiary/aromatic N) is 3. The molecule has 3 nitrogen and oxygen atoms in total. The maximum absolute atomic E-state index is 6.46. The number of aryl methyl sites for hydroxylation is 1. The van der Waals surface area contributed by atoms with Crippen LogP contribution in [-0.2, 0) is 6.54 Å². The number of fused-ring (bicyclic) bond motifs is 2. The first-order valence-corrected chi connectivity index (χ1v) is 18.6. The fourth-order valence-electron chi connectivity index (χ4n) is 6.62. The molecule has 0 spiro atoms. The van der Waals surface area contributed by atoms with E-state index < -0.39 is 0 Å². The van der Waals surface area contributed by atoms with Crippen molar-refractivity contribution in [2.24, 2.45) is 0 Å². The molecule has 1 aromatic heterocycles. The molecule has 3 aliphatic rings. The zero-order chi connectivity index (χ0) is 31.9. The van der Waals surface area contributed by atoms with Crippen LogP contribution in [0.5, 0.6) is 0 Å². The van der Waals surface area contributed by atoms with Gasteiger partial charge in [-0.2, -0.15) is 4.57 Å². The first kappa shape index (κ1) is 30.6. The summed E-state index contributed by atoms with van der Waals surface area (Å²) < 4.78 is 3.61. The van der Waals surface area contributed by atoms with Crippen LogP contribution in [0.3, 0.4) is 0 Å². The van der Waals surface area contributed by atoms with Gasteiger partial charge in [0.15, 0.2) is 0 Å². The highest BCUT2D eigenvalue weighted by Crippen LogP contribution is 2.52. The van der Waals surface area contributed by atoms with Crippen LogP contribution in [-0.4, -0.2) is 6.04 Å². The first-order valence-electron chi connectivity index (χ1n) is 16.2. The molecule has 0 amide bonds. The molecule has 1 aliphatic heterocycles. The SMILES string of the molecule is CC[n+]1c(C=CC2=C(N(c3ccccc3)c3ccccc3)C(=C/C=C3\Sc4ccc(Cl)cc4N3C3CC3)CC2)sc2ccc(Cl)cc21. The number of para-hydroxylation sites is 2. The highest BCUT2D eigenvalue weighted by Gasteiger charge is 2.37. The van der Waals surface area contributed by atoms with Crippen molar-refractivity contribution in [2.75, 3.05) is 9.80 Å². The molecule has 0 unspecified atom stereocenters. The number of allylic oxidation sites excluding steroid dienone is 5. The van der Waals surface area contributed by atoms with Gasteiger partial charge in [-0.1, -0.05) is 88.8 Å². The number of benzene rings is 4. The molecule has 1 saturated carbocycles. The maximum atomic E-state index is 6.46. The average Bonchev–Trinajstić information content (AvgIpc) is 3.62. The van der Waals surface area contributed by atoms with Crippen LogP contribution in [0, 0.1) is 0 Å². The molecule has 0 radical (unpaired) electrons. The summed E-state index contributed by atoms with van der Waals surface area (Å²) >= 11 is 16.5. The number of thiazole rings is 1. The zero-order valence-electron chi connectivity index (χ0n) is 26.1. The molecule has 4 aromatic carbocycles. The monoisotopic (exact) mass is 690 g/mol. The van der Waals surface area contributed by atoms with E-state index in [4.69, 9.17) is 23.2 Å². The van der Waals surface area contributed by atoms with E-state index in [1.807, 2.05) is 35.2 Å². The molecule has 0 saturated heterocycles. The lowest BCUT2D eigenvalue weighted by Gasteiger charge is -2.28. The van der Waals surface area contributed by atoms with Crippen LogP contribution < -0.4 is 14.4 Å². The quantitative estimate of drug-likeness (QED) is 0.150.